The number of benzene rings is 2. The van der Waals surface area contributed by atoms with E-state index in [1.165, 1.54) is 66.7 Å². The molecule has 0 aliphatic heterocycles. The number of para-hydroxylation sites is 1. The van der Waals surface area contributed by atoms with Crippen molar-refractivity contribution in [2.45, 2.75) is 12.7 Å². The highest BCUT2D eigenvalue weighted by molar-refractivity contribution is 6.10. The number of rotatable bonds is 6. The number of ketones is 1. The Kier molecular flexibility index (Phi) is 6.37. The van der Waals surface area contributed by atoms with Gasteiger partial charge in [-0.1, -0.05) is 12.1 Å². The van der Waals surface area contributed by atoms with Gasteiger partial charge in [-0.2, -0.15) is 13.2 Å². The summed E-state index contributed by atoms with van der Waals surface area (Å²) in [4.78, 5) is 42.8. The van der Waals surface area contributed by atoms with Crippen LogP contribution in [0.4, 0.5) is 18.9 Å². The first-order valence-corrected chi connectivity index (χ1v) is 10.3. The van der Waals surface area contributed by atoms with Crippen LogP contribution >= 0.6 is 0 Å². The van der Waals surface area contributed by atoms with Gasteiger partial charge in [0.25, 0.3) is 0 Å². The molecule has 4 aromatic rings. The van der Waals surface area contributed by atoms with Crippen molar-refractivity contribution < 1.29 is 27.5 Å². The average Bonchev–Trinajstić information content (AvgIpc) is 2.85. The molecule has 0 spiro atoms. The predicted octanol–water partition coefficient (Wildman–Crippen LogP) is 4.29. The molecule has 1 N–H and O–H groups in total. The fraction of sp³-hybridized carbons (Fsp3) is 0.120. The van der Waals surface area contributed by atoms with Crippen LogP contribution in [-0.2, 0) is 17.5 Å². The van der Waals surface area contributed by atoms with Crippen molar-refractivity contribution in [1.29, 1.82) is 0 Å². The number of anilines is 1. The highest BCUT2D eigenvalue weighted by atomic mass is 19.4. The van der Waals surface area contributed by atoms with Crippen LogP contribution in [0.3, 0.4) is 0 Å². The first-order chi connectivity index (χ1) is 16.7. The highest BCUT2D eigenvalue weighted by Crippen LogP contribution is 2.34. The minimum atomic E-state index is -4.66. The number of carbonyl (C=O) groups is 2. The molecular weight excluding hydrogens is 463 g/mol. The van der Waals surface area contributed by atoms with Gasteiger partial charge in [0, 0.05) is 24.2 Å². The van der Waals surface area contributed by atoms with E-state index < -0.39 is 41.1 Å². The zero-order valence-electron chi connectivity index (χ0n) is 18.3. The second-order valence-corrected chi connectivity index (χ2v) is 7.54. The Bertz CT molecular complexity index is 1480. The summed E-state index contributed by atoms with van der Waals surface area (Å²) < 4.78 is 46.4. The third kappa shape index (κ3) is 4.91. The van der Waals surface area contributed by atoms with Crippen LogP contribution in [0, 0.1) is 0 Å². The number of ether oxygens (including phenoxy) is 1. The van der Waals surface area contributed by atoms with Gasteiger partial charge in [-0.15, -0.1) is 0 Å². The van der Waals surface area contributed by atoms with Crippen LogP contribution < -0.4 is 15.5 Å². The monoisotopic (exact) mass is 481 g/mol. The first-order valence-electron chi connectivity index (χ1n) is 10.3. The van der Waals surface area contributed by atoms with Crippen molar-refractivity contribution in [1.82, 2.24) is 9.55 Å². The smallest absolute Gasteiger partial charge is 0.418 e. The van der Waals surface area contributed by atoms with E-state index in [-0.39, 0.29) is 16.5 Å². The van der Waals surface area contributed by atoms with E-state index >= 15 is 0 Å². The molecule has 2 aromatic heterocycles. The number of fused-ring (bicyclic) bond motifs is 1. The SMILES string of the molecule is COc1ccc2c(c1)c(=O)c(C(=O)c1ccncc1)cn2CC(=O)Nc1ccccc1C(F)(F)F. The Hall–Kier alpha value is -4.47. The Morgan fingerprint density at radius 1 is 1.06 bits per heavy atom. The lowest BCUT2D eigenvalue weighted by Gasteiger charge is -2.16. The molecule has 0 fully saturated rings. The van der Waals surface area contributed by atoms with Gasteiger partial charge in [0.15, 0.2) is 5.78 Å². The summed E-state index contributed by atoms with van der Waals surface area (Å²) in [6, 6.07) is 12.0. The summed E-state index contributed by atoms with van der Waals surface area (Å²) in [5.41, 5.74) is -1.64. The molecule has 35 heavy (non-hydrogen) atoms. The predicted molar refractivity (Wildman–Crippen MR) is 123 cm³/mol. The van der Waals surface area contributed by atoms with E-state index in [0.717, 1.165) is 12.1 Å². The molecule has 0 saturated heterocycles. The second kappa shape index (κ2) is 9.41. The van der Waals surface area contributed by atoms with Gasteiger partial charge in [-0.05, 0) is 42.5 Å². The van der Waals surface area contributed by atoms with Crippen LogP contribution in [0.2, 0.25) is 0 Å². The van der Waals surface area contributed by atoms with E-state index in [1.54, 1.807) is 6.07 Å². The maximum absolute atomic E-state index is 13.3. The Morgan fingerprint density at radius 2 is 1.77 bits per heavy atom. The number of nitrogens with one attached hydrogen (secondary N) is 1. The number of methoxy groups -OCH3 is 1. The Morgan fingerprint density at radius 3 is 2.46 bits per heavy atom. The normalized spacial score (nSPS) is 11.3. The minimum Gasteiger partial charge on any atom is -0.497 e. The zero-order chi connectivity index (χ0) is 25.2. The summed E-state index contributed by atoms with van der Waals surface area (Å²) in [5, 5.41) is 2.39. The zero-order valence-corrected chi connectivity index (χ0v) is 18.3. The number of hydrogen-bond donors (Lipinski definition) is 1. The van der Waals surface area contributed by atoms with Crippen molar-refractivity contribution in [3.8, 4) is 5.75 Å². The van der Waals surface area contributed by atoms with Crippen molar-refractivity contribution in [3.63, 3.8) is 0 Å². The van der Waals surface area contributed by atoms with Gasteiger partial charge in [-0.3, -0.25) is 19.4 Å². The van der Waals surface area contributed by atoms with Crippen LogP contribution in [-0.4, -0.2) is 28.4 Å². The molecule has 0 bridgehead atoms. The average molecular weight is 481 g/mol. The van der Waals surface area contributed by atoms with E-state index in [4.69, 9.17) is 4.74 Å². The topological polar surface area (TPSA) is 90.3 Å². The molecule has 0 atom stereocenters. The summed E-state index contributed by atoms with van der Waals surface area (Å²) >= 11 is 0. The fourth-order valence-electron chi connectivity index (χ4n) is 3.64. The van der Waals surface area contributed by atoms with Crippen LogP contribution in [0.15, 0.2) is 78.0 Å². The third-order valence-electron chi connectivity index (χ3n) is 5.29. The number of carbonyl (C=O) groups excluding carboxylic acids is 2. The minimum absolute atomic E-state index is 0.118. The molecule has 4 rings (SSSR count). The molecule has 2 heterocycles. The number of pyridine rings is 2. The fourth-order valence-corrected chi connectivity index (χ4v) is 3.64. The van der Waals surface area contributed by atoms with Gasteiger partial charge in [0.05, 0.1) is 34.8 Å². The van der Waals surface area contributed by atoms with Gasteiger partial charge >= 0.3 is 6.18 Å². The van der Waals surface area contributed by atoms with Gasteiger partial charge in [0.1, 0.15) is 12.3 Å². The van der Waals surface area contributed by atoms with Crippen molar-refractivity contribution >= 4 is 28.3 Å². The molecule has 0 aliphatic carbocycles. The molecule has 1 amide bonds. The van der Waals surface area contributed by atoms with Crippen LogP contribution in [0.1, 0.15) is 21.5 Å². The molecule has 178 valence electrons. The number of amides is 1. The van der Waals surface area contributed by atoms with E-state index in [2.05, 4.69) is 10.3 Å². The summed E-state index contributed by atoms with van der Waals surface area (Å²) in [7, 11) is 1.41. The molecule has 0 saturated carbocycles. The number of alkyl halides is 3. The lowest BCUT2D eigenvalue weighted by molar-refractivity contribution is -0.137. The van der Waals surface area contributed by atoms with Crippen molar-refractivity contribution in [2.24, 2.45) is 0 Å². The van der Waals surface area contributed by atoms with Crippen LogP contribution in [0.25, 0.3) is 10.9 Å². The quantitative estimate of drug-likeness (QED) is 0.415. The van der Waals surface area contributed by atoms with Crippen molar-refractivity contribution in [3.05, 3.63) is 100 Å². The summed E-state index contributed by atoms with van der Waals surface area (Å²) in [6.07, 6.45) is -0.619. The number of hydrogen-bond acceptors (Lipinski definition) is 5. The van der Waals surface area contributed by atoms with Crippen LogP contribution in [0.5, 0.6) is 5.75 Å². The molecule has 2 aromatic carbocycles. The number of aromatic nitrogens is 2. The standard InChI is InChI=1S/C25H18F3N3O4/c1-35-16-6-7-21-17(12-16)24(34)18(23(33)15-8-10-29-11-9-15)13-31(21)14-22(32)30-20-5-3-2-4-19(20)25(26,27)28/h2-13H,14H2,1H3,(H,30,32). The highest BCUT2D eigenvalue weighted by Gasteiger charge is 2.33. The lowest BCUT2D eigenvalue weighted by Crippen LogP contribution is -2.25. The molecule has 7 nitrogen and oxygen atoms in total. The molecule has 0 unspecified atom stereocenters. The lowest BCUT2D eigenvalue weighted by atomic mass is 10.0. The molecular formula is C25H18F3N3O4. The van der Waals surface area contributed by atoms with Gasteiger partial charge < -0.3 is 14.6 Å². The van der Waals surface area contributed by atoms with Crippen molar-refractivity contribution in [2.75, 3.05) is 12.4 Å². The Balaban J connectivity index is 1.77. The number of nitrogens with zero attached hydrogens (tertiary/aromatic N) is 2. The third-order valence-corrected chi connectivity index (χ3v) is 5.29. The first kappa shape index (κ1) is 23.7. The molecule has 0 radical (unpaired) electrons. The van der Waals surface area contributed by atoms with E-state index in [9.17, 15) is 27.6 Å². The second-order valence-electron chi connectivity index (χ2n) is 7.54. The maximum atomic E-state index is 13.3. The van der Waals surface area contributed by atoms with E-state index in [0.29, 0.717) is 11.3 Å². The van der Waals surface area contributed by atoms with Gasteiger partial charge in [-0.25, -0.2) is 0 Å². The molecule has 10 heteroatoms. The van der Waals surface area contributed by atoms with E-state index in [1.807, 2.05) is 0 Å². The number of halogens is 3. The molecule has 0 aliphatic rings. The largest absolute Gasteiger partial charge is 0.497 e. The summed E-state index contributed by atoms with van der Waals surface area (Å²) in [6.45, 7) is -0.452. The summed E-state index contributed by atoms with van der Waals surface area (Å²) in [5.74, 6) is -0.998. The Labute approximate surface area is 196 Å². The maximum Gasteiger partial charge on any atom is 0.418 e. The van der Waals surface area contributed by atoms with Gasteiger partial charge in [0.2, 0.25) is 11.3 Å².